The Balaban J connectivity index is 2.33. The highest BCUT2D eigenvalue weighted by Crippen LogP contribution is 2.35. The van der Waals surface area contributed by atoms with Gasteiger partial charge in [0.15, 0.2) is 0 Å². The van der Waals surface area contributed by atoms with Crippen LogP contribution in [0.3, 0.4) is 0 Å². The molecule has 0 atom stereocenters. The maximum Gasteiger partial charge on any atom is 0.271 e. The molecule has 0 aliphatic heterocycles. The van der Waals surface area contributed by atoms with Gasteiger partial charge in [-0.1, -0.05) is 6.42 Å². The van der Waals surface area contributed by atoms with Crippen LogP contribution in [0.4, 0.5) is 5.69 Å². The molecule has 0 spiro atoms. The van der Waals surface area contributed by atoms with Crippen LogP contribution in [0.25, 0.3) is 0 Å². The first-order valence-corrected chi connectivity index (χ1v) is 4.25. The van der Waals surface area contributed by atoms with Crippen LogP contribution >= 0.6 is 0 Å². The minimum atomic E-state index is -0.182. The lowest BCUT2D eigenvalue weighted by Gasteiger charge is -2.25. The molecule has 0 amide bonds. The summed E-state index contributed by atoms with van der Waals surface area (Å²) in [5.74, 6) is 0.629. The molecule has 0 saturated heterocycles. The Labute approximate surface area is 70.6 Å². The van der Waals surface area contributed by atoms with Crippen LogP contribution in [0.2, 0.25) is 0 Å². The van der Waals surface area contributed by atoms with Gasteiger partial charge in [0.2, 0.25) is 0 Å². The summed E-state index contributed by atoms with van der Waals surface area (Å²) in [6, 6.07) is 1.79. The predicted molar refractivity (Wildman–Crippen MR) is 48.1 cm³/mol. The monoisotopic (exact) mass is 164 g/mol. The molecule has 3 N–H and O–H groups in total. The maximum absolute atomic E-state index is 10.9. The van der Waals surface area contributed by atoms with E-state index >= 15 is 0 Å². The first-order chi connectivity index (χ1) is 5.77. The summed E-state index contributed by atoms with van der Waals surface area (Å²) in [4.78, 5) is 13.6. The van der Waals surface area contributed by atoms with Crippen molar-refractivity contribution in [2.24, 2.45) is 0 Å². The first-order valence-electron chi connectivity index (χ1n) is 4.25. The zero-order valence-corrected chi connectivity index (χ0v) is 6.84. The number of hydrogen-bond acceptors (Lipinski definition) is 2. The highest BCUT2D eigenvalue weighted by Gasteiger charge is 2.19. The SMILES string of the molecule is Nc1cc(C2CCC2)c[nH]c1=O. The number of rotatable bonds is 1. The summed E-state index contributed by atoms with van der Waals surface area (Å²) in [7, 11) is 0. The Morgan fingerprint density at radius 3 is 2.75 bits per heavy atom. The zero-order chi connectivity index (χ0) is 8.55. The van der Waals surface area contributed by atoms with Crippen LogP contribution in [0.15, 0.2) is 17.1 Å². The second-order valence-electron chi connectivity index (χ2n) is 3.35. The van der Waals surface area contributed by atoms with Gasteiger partial charge >= 0.3 is 0 Å². The molecule has 64 valence electrons. The minimum absolute atomic E-state index is 0.182. The van der Waals surface area contributed by atoms with Crippen LogP contribution in [0, 0.1) is 0 Å². The van der Waals surface area contributed by atoms with E-state index in [9.17, 15) is 4.79 Å². The number of pyridine rings is 1. The lowest BCUT2D eigenvalue weighted by molar-refractivity contribution is 0.419. The second-order valence-corrected chi connectivity index (χ2v) is 3.35. The van der Waals surface area contributed by atoms with Gasteiger partial charge in [0.25, 0.3) is 5.56 Å². The molecular formula is C9H12N2O. The molecule has 3 heteroatoms. The number of aromatic amines is 1. The standard InChI is InChI=1S/C9H12N2O/c10-8-4-7(5-11-9(8)12)6-2-1-3-6/h4-6H,1-3,10H2,(H,11,12). The fourth-order valence-electron chi connectivity index (χ4n) is 1.50. The van der Waals surface area contributed by atoms with Gasteiger partial charge in [-0.2, -0.15) is 0 Å². The Morgan fingerprint density at radius 1 is 1.50 bits per heavy atom. The van der Waals surface area contributed by atoms with E-state index in [0.29, 0.717) is 11.6 Å². The molecule has 1 saturated carbocycles. The van der Waals surface area contributed by atoms with E-state index in [0.717, 1.165) is 0 Å². The summed E-state index contributed by atoms with van der Waals surface area (Å²) in [5.41, 5.74) is 6.82. The number of nitrogen functional groups attached to an aromatic ring is 1. The number of nitrogens with one attached hydrogen (secondary N) is 1. The molecule has 1 heterocycles. The lowest BCUT2D eigenvalue weighted by Crippen LogP contribution is -2.15. The quantitative estimate of drug-likeness (QED) is 0.655. The molecule has 1 aromatic heterocycles. The Hall–Kier alpha value is -1.25. The predicted octanol–water partition coefficient (Wildman–Crippen LogP) is 1.22. The largest absolute Gasteiger partial charge is 0.394 e. The summed E-state index contributed by atoms with van der Waals surface area (Å²) < 4.78 is 0. The van der Waals surface area contributed by atoms with Crippen molar-refractivity contribution in [3.05, 3.63) is 28.2 Å². The van der Waals surface area contributed by atoms with Crippen LogP contribution < -0.4 is 11.3 Å². The minimum Gasteiger partial charge on any atom is -0.394 e. The van der Waals surface area contributed by atoms with E-state index in [4.69, 9.17) is 5.73 Å². The van der Waals surface area contributed by atoms with E-state index in [2.05, 4.69) is 4.98 Å². The van der Waals surface area contributed by atoms with Crippen molar-refractivity contribution >= 4 is 5.69 Å². The summed E-state index contributed by atoms with van der Waals surface area (Å²) in [6.07, 6.45) is 5.53. The molecular weight excluding hydrogens is 152 g/mol. The third-order valence-corrected chi connectivity index (χ3v) is 2.53. The van der Waals surface area contributed by atoms with Crippen molar-refractivity contribution in [1.82, 2.24) is 4.98 Å². The average Bonchev–Trinajstić information content (AvgIpc) is 1.93. The van der Waals surface area contributed by atoms with E-state index in [1.54, 1.807) is 12.3 Å². The zero-order valence-electron chi connectivity index (χ0n) is 6.84. The van der Waals surface area contributed by atoms with Gasteiger partial charge in [-0.3, -0.25) is 4.79 Å². The summed E-state index contributed by atoms with van der Waals surface area (Å²) in [6.45, 7) is 0. The molecule has 12 heavy (non-hydrogen) atoms. The Bertz CT molecular complexity index is 339. The topological polar surface area (TPSA) is 58.9 Å². The molecule has 1 aliphatic rings. The number of anilines is 1. The molecule has 0 radical (unpaired) electrons. The highest BCUT2D eigenvalue weighted by atomic mass is 16.1. The van der Waals surface area contributed by atoms with Gasteiger partial charge in [0.1, 0.15) is 0 Å². The number of aromatic nitrogens is 1. The van der Waals surface area contributed by atoms with Gasteiger partial charge in [-0.05, 0) is 30.4 Å². The smallest absolute Gasteiger partial charge is 0.271 e. The van der Waals surface area contributed by atoms with Gasteiger partial charge in [-0.15, -0.1) is 0 Å². The van der Waals surface area contributed by atoms with E-state index in [1.165, 1.54) is 24.8 Å². The van der Waals surface area contributed by atoms with Crippen molar-refractivity contribution in [3.8, 4) is 0 Å². The fraction of sp³-hybridized carbons (Fsp3) is 0.444. The summed E-state index contributed by atoms with van der Waals surface area (Å²) >= 11 is 0. The van der Waals surface area contributed by atoms with Crippen LogP contribution in [0.5, 0.6) is 0 Å². The van der Waals surface area contributed by atoms with Crippen LogP contribution in [0.1, 0.15) is 30.7 Å². The van der Waals surface area contributed by atoms with E-state index < -0.39 is 0 Å². The van der Waals surface area contributed by atoms with Gasteiger partial charge in [0, 0.05) is 6.20 Å². The lowest BCUT2D eigenvalue weighted by atomic mass is 9.81. The van der Waals surface area contributed by atoms with E-state index in [1.807, 2.05) is 0 Å². The van der Waals surface area contributed by atoms with Crippen molar-refractivity contribution < 1.29 is 0 Å². The molecule has 1 aliphatic carbocycles. The van der Waals surface area contributed by atoms with Crippen LogP contribution in [-0.2, 0) is 0 Å². The molecule has 0 aromatic carbocycles. The van der Waals surface area contributed by atoms with Gasteiger partial charge in [-0.25, -0.2) is 0 Å². The molecule has 1 fully saturated rings. The third kappa shape index (κ3) is 1.11. The van der Waals surface area contributed by atoms with Crippen molar-refractivity contribution in [3.63, 3.8) is 0 Å². The first kappa shape index (κ1) is 7.40. The van der Waals surface area contributed by atoms with Gasteiger partial charge in [0.05, 0.1) is 5.69 Å². The third-order valence-electron chi connectivity index (χ3n) is 2.53. The van der Waals surface area contributed by atoms with Crippen molar-refractivity contribution in [2.75, 3.05) is 5.73 Å². The van der Waals surface area contributed by atoms with E-state index in [-0.39, 0.29) is 5.56 Å². The average molecular weight is 164 g/mol. The summed E-state index contributed by atoms with van der Waals surface area (Å²) in [5, 5.41) is 0. The fourth-order valence-corrected chi connectivity index (χ4v) is 1.50. The number of nitrogens with two attached hydrogens (primary N) is 1. The maximum atomic E-state index is 10.9. The normalized spacial score (nSPS) is 17.3. The molecule has 1 aromatic rings. The molecule has 0 unspecified atom stereocenters. The number of H-pyrrole nitrogens is 1. The molecule has 3 nitrogen and oxygen atoms in total. The van der Waals surface area contributed by atoms with Crippen molar-refractivity contribution in [1.29, 1.82) is 0 Å². The van der Waals surface area contributed by atoms with Gasteiger partial charge < -0.3 is 10.7 Å². The molecule has 2 rings (SSSR count). The van der Waals surface area contributed by atoms with Crippen LogP contribution in [-0.4, -0.2) is 4.98 Å². The van der Waals surface area contributed by atoms with Crippen molar-refractivity contribution in [2.45, 2.75) is 25.2 Å². The highest BCUT2D eigenvalue weighted by molar-refractivity contribution is 5.38. The second kappa shape index (κ2) is 2.66. The number of hydrogen-bond donors (Lipinski definition) is 2. The molecule has 0 bridgehead atoms. The Morgan fingerprint density at radius 2 is 2.25 bits per heavy atom. The Kier molecular flexibility index (Phi) is 1.64.